The standard InChI is InChI=1S/C23H20N4O/c1-16-13-22-24-14-20-15-26(12-11-21(20)27(22)25-16)23(28)19-9-7-18(8-10-19)17-5-3-2-4-6-17/h2-10,13-14H,11-12,15H2,1H3. The van der Waals surface area contributed by atoms with Crippen molar-refractivity contribution in [2.45, 2.75) is 19.9 Å². The van der Waals surface area contributed by atoms with Gasteiger partial charge in [-0.2, -0.15) is 5.10 Å². The lowest BCUT2D eigenvalue weighted by molar-refractivity contribution is 0.0732. The molecule has 1 amide bonds. The van der Waals surface area contributed by atoms with E-state index in [-0.39, 0.29) is 5.91 Å². The van der Waals surface area contributed by atoms with Crippen LogP contribution in [0.4, 0.5) is 0 Å². The maximum atomic E-state index is 13.0. The van der Waals surface area contributed by atoms with Gasteiger partial charge < -0.3 is 4.90 Å². The minimum atomic E-state index is 0.0574. The molecule has 0 aliphatic carbocycles. The molecule has 0 radical (unpaired) electrons. The third-order valence-corrected chi connectivity index (χ3v) is 5.30. The first-order valence-corrected chi connectivity index (χ1v) is 9.47. The molecule has 138 valence electrons. The van der Waals surface area contributed by atoms with Crippen molar-refractivity contribution in [3.63, 3.8) is 0 Å². The number of hydrogen-bond donors (Lipinski definition) is 0. The van der Waals surface area contributed by atoms with Crippen LogP contribution in [0.1, 0.15) is 27.3 Å². The maximum absolute atomic E-state index is 13.0. The molecule has 0 atom stereocenters. The topological polar surface area (TPSA) is 50.5 Å². The van der Waals surface area contributed by atoms with Crippen LogP contribution in [0.25, 0.3) is 16.8 Å². The van der Waals surface area contributed by atoms with E-state index in [4.69, 9.17) is 0 Å². The van der Waals surface area contributed by atoms with E-state index in [1.54, 1.807) is 0 Å². The molecule has 0 N–H and O–H groups in total. The van der Waals surface area contributed by atoms with Gasteiger partial charge in [0.15, 0.2) is 5.65 Å². The molecule has 5 rings (SSSR count). The number of aromatic nitrogens is 3. The van der Waals surface area contributed by atoms with Crippen LogP contribution in [0, 0.1) is 6.92 Å². The van der Waals surface area contributed by atoms with E-state index in [1.807, 2.05) is 71.1 Å². The molecule has 1 aliphatic rings. The molecular formula is C23H20N4O. The number of aryl methyl sites for hydroxylation is 1. The molecule has 1 aliphatic heterocycles. The number of carbonyl (C=O) groups excluding carboxylic acids is 1. The summed E-state index contributed by atoms with van der Waals surface area (Å²) in [6.07, 6.45) is 2.66. The monoisotopic (exact) mass is 368 g/mol. The van der Waals surface area contributed by atoms with Crippen LogP contribution in [-0.2, 0) is 13.0 Å². The van der Waals surface area contributed by atoms with Crippen molar-refractivity contribution in [2.24, 2.45) is 0 Å². The highest BCUT2D eigenvalue weighted by atomic mass is 16.2. The summed E-state index contributed by atoms with van der Waals surface area (Å²) >= 11 is 0. The Balaban J connectivity index is 1.38. The summed E-state index contributed by atoms with van der Waals surface area (Å²) in [6.45, 7) is 3.22. The molecule has 2 aromatic carbocycles. The maximum Gasteiger partial charge on any atom is 0.254 e. The van der Waals surface area contributed by atoms with E-state index in [9.17, 15) is 4.79 Å². The molecule has 0 spiro atoms. The summed E-state index contributed by atoms with van der Waals surface area (Å²) in [5, 5.41) is 4.54. The minimum absolute atomic E-state index is 0.0574. The molecule has 5 nitrogen and oxygen atoms in total. The van der Waals surface area contributed by atoms with Gasteiger partial charge in [-0.05, 0) is 30.2 Å². The average molecular weight is 368 g/mol. The zero-order chi connectivity index (χ0) is 19.1. The van der Waals surface area contributed by atoms with Crippen molar-refractivity contribution in [3.05, 3.63) is 89.4 Å². The predicted octanol–water partition coefficient (Wildman–Crippen LogP) is 3.90. The number of rotatable bonds is 2. The van der Waals surface area contributed by atoms with E-state index < -0.39 is 0 Å². The molecule has 0 bridgehead atoms. The number of nitrogens with zero attached hydrogens (tertiary/aromatic N) is 4. The predicted molar refractivity (Wildman–Crippen MR) is 108 cm³/mol. The minimum Gasteiger partial charge on any atom is -0.334 e. The summed E-state index contributed by atoms with van der Waals surface area (Å²) in [5.74, 6) is 0.0574. The van der Waals surface area contributed by atoms with Gasteiger partial charge in [-0.15, -0.1) is 0 Å². The summed E-state index contributed by atoms with van der Waals surface area (Å²) in [4.78, 5) is 19.4. The Morgan fingerprint density at radius 1 is 1.00 bits per heavy atom. The van der Waals surface area contributed by atoms with E-state index in [0.717, 1.165) is 40.1 Å². The SMILES string of the molecule is Cc1cc2ncc3c(n2n1)CCN(C(=O)c1ccc(-c2ccccc2)cc1)C3. The molecule has 4 aromatic rings. The van der Waals surface area contributed by atoms with Crippen LogP contribution in [0.15, 0.2) is 66.9 Å². The first kappa shape index (κ1) is 16.7. The van der Waals surface area contributed by atoms with Gasteiger partial charge in [0, 0.05) is 42.9 Å². The lowest BCUT2D eigenvalue weighted by Crippen LogP contribution is -2.37. The van der Waals surface area contributed by atoms with Gasteiger partial charge in [0.2, 0.25) is 0 Å². The largest absolute Gasteiger partial charge is 0.334 e. The summed E-state index contributed by atoms with van der Waals surface area (Å²) in [5.41, 5.74) is 7.02. The Morgan fingerprint density at radius 3 is 2.54 bits per heavy atom. The molecular weight excluding hydrogens is 348 g/mol. The average Bonchev–Trinajstić information content (AvgIpc) is 3.14. The van der Waals surface area contributed by atoms with Gasteiger partial charge in [0.05, 0.1) is 11.4 Å². The third-order valence-electron chi connectivity index (χ3n) is 5.30. The Bertz CT molecular complexity index is 1160. The molecule has 2 aromatic heterocycles. The third kappa shape index (κ3) is 2.85. The zero-order valence-corrected chi connectivity index (χ0v) is 15.7. The number of amides is 1. The highest BCUT2D eigenvalue weighted by molar-refractivity contribution is 5.94. The van der Waals surface area contributed by atoms with E-state index in [2.05, 4.69) is 22.2 Å². The second-order valence-corrected chi connectivity index (χ2v) is 7.21. The lowest BCUT2D eigenvalue weighted by Gasteiger charge is -2.29. The van der Waals surface area contributed by atoms with Crippen LogP contribution in [0.5, 0.6) is 0 Å². The quantitative estimate of drug-likeness (QED) is 0.539. The van der Waals surface area contributed by atoms with Crippen LogP contribution in [-0.4, -0.2) is 31.9 Å². The Hall–Kier alpha value is -3.47. The molecule has 0 unspecified atom stereocenters. The second kappa shape index (κ2) is 6.60. The number of hydrogen-bond acceptors (Lipinski definition) is 3. The number of fused-ring (bicyclic) bond motifs is 3. The number of benzene rings is 2. The van der Waals surface area contributed by atoms with E-state index in [0.29, 0.717) is 18.7 Å². The fourth-order valence-corrected chi connectivity index (χ4v) is 3.85. The molecule has 0 fully saturated rings. The fraction of sp³-hybridized carbons (Fsp3) is 0.174. The fourth-order valence-electron chi connectivity index (χ4n) is 3.85. The molecule has 3 heterocycles. The normalized spacial score (nSPS) is 13.5. The van der Waals surface area contributed by atoms with Crippen LogP contribution in [0.2, 0.25) is 0 Å². The van der Waals surface area contributed by atoms with Crippen LogP contribution in [0.3, 0.4) is 0 Å². The molecule has 0 saturated heterocycles. The lowest BCUT2D eigenvalue weighted by atomic mass is 10.0. The van der Waals surface area contributed by atoms with Crippen molar-refractivity contribution in [1.29, 1.82) is 0 Å². The van der Waals surface area contributed by atoms with Crippen LogP contribution < -0.4 is 0 Å². The Kier molecular flexibility index (Phi) is 3.93. The van der Waals surface area contributed by atoms with Crippen molar-refractivity contribution in [1.82, 2.24) is 19.5 Å². The van der Waals surface area contributed by atoms with Gasteiger partial charge in [0.1, 0.15) is 0 Å². The zero-order valence-electron chi connectivity index (χ0n) is 15.7. The first-order chi connectivity index (χ1) is 13.7. The van der Waals surface area contributed by atoms with Crippen molar-refractivity contribution >= 4 is 11.6 Å². The highest BCUT2D eigenvalue weighted by Crippen LogP contribution is 2.23. The first-order valence-electron chi connectivity index (χ1n) is 9.47. The van der Waals surface area contributed by atoms with E-state index in [1.165, 1.54) is 0 Å². The van der Waals surface area contributed by atoms with Gasteiger partial charge in [-0.1, -0.05) is 42.5 Å². The number of carbonyl (C=O) groups is 1. The van der Waals surface area contributed by atoms with Crippen molar-refractivity contribution < 1.29 is 4.79 Å². The van der Waals surface area contributed by atoms with Gasteiger partial charge in [0.25, 0.3) is 5.91 Å². The second-order valence-electron chi connectivity index (χ2n) is 7.21. The van der Waals surface area contributed by atoms with Crippen molar-refractivity contribution in [3.8, 4) is 11.1 Å². The Labute approximate surface area is 163 Å². The molecule has 0 saturated carbocycles. The summed E-state index contributed by atoms with van der Waals surface area (Å²) in [7, 11) is 0. The summed E-state index contributed by atoms with van der Waals surface area (Å²) in [6, 6.07) is 20.0. The smallest absolute Gasteiger partial charge is 0.254 e. The highest BCUT2D eigenvalue weighted by Gasteiger charge is 2.24. The molecule has 5 heteroatoms. The van der Waals surface area contributed by atoms with E-state index >= 15 is 0 Å². The van der Waals surface area contributed by atoms with Crippen molar-refractivity contribution in [2.75, 3.05) is 6.54 Å². The van der Waals surface area contributed by atoms with Crippen LogP contribution >= 0.6 is 0 Å². The van der Waals surface area contributed by atoms with Gasteiger partial charge in [-0.25, -0.2) is 9.50 Å². The van der Waals surface area contributed by atoms with Gasteiger partial charge >= 0.3 is 0 Å². The summed E-state index contributed by atoms with van der Waals surface area (Å²) < 4.78 is 1.92. The Morgan fingerprint density at radius 2 is 1.75 bits per heavy atom. The van der Waals surface area contributed by atoms with Gasteiger partial charge in [-0.3, -0.25) is 4.79 Å². The molecule has 28 heavy (non-hydrogen) atoms.